The molecule has 0 atom stereocenters. The first-order valence-electron chi connectivity index (χ1n) is 7.64. The SMILES string of the molecule is CC(C)NCCCCCCOC1CCCCC1. The molecule has 0 aromatic rings. The average Bonchev–Trinajstić information content (AvgIpc) is 2.33. The molecule has 0 saturated heterocycles. The van der Waals surface area contributed by atoms with Crippen LogP contribution in [0.2, 0.25) is 0 Å². The lowest BCUT2D eigenvalue weighted by Crippen LogP contribution is -2.23. The van der Waals surface area contributed by atoms with E-state index in [9.17, 15) is 0 Å². The van der Waals surface area contributed by atoms with Crippen LogP contribution < -0.4 is 5.32 Å². The molecule has 0 spiro atoms. The minimum absolute atomic E-state index is 0.589. The lowest BCUT2D eigenvalue weighted by Gasteiger charge is -2.21. The predicted octanol–water partition coefficient (Wildman–Crippen LogP) is 3.89. The summed E-state index contributed by atoms with van der Waals surface area (Å²) >= 11 is 0. The molecule has 1 N–H and O–H groups in total. The van der Waals surface area contributed by atoms with Crippen LogP contribution in [-0.4, -0.2) is 25.3 Å². The van der Waals surface area contributed by atoms with Crippen molar-refractivity contribution in [2.24, 2.45) is 0 Å². The summed E-state index contributed by atoms with van der Waals surface area (Å²) in [6.45, 7) is 6.57. The van der Waals surface area contributed by atoms with E-state index >= 15 is 0 Å². The Balaban J connectivity index is 1.78. The second-order valence-corrected chi connectivity index (χ2v) is 5.65. The first-order chi connectivity index (χ1) is 8.29. The Labute approximate surface area is 108 Å². The fraction of sp³-hybridized carbons (Fsp3) is 1.00. The van der Waals surface area contributed by atoms with E-state index in [-0.39, 0.29) is 0 Å². The van der Waals surface area contributed by atoms with Gasteiger partial charge in [0, 0.05) is 12.6 Å². The van der Waals surface area contributed by atoms with Crippen LogP contribution in [0.15, 0.2) is 0 Å². The van der Waals surface area contributed by atoms with Crippen LogP contribution in [0.1, 0.15) is 71.6 Å². The zero-order valence-corrected chi connectivity index (χ0v) is 11.8. The highest BCUT2D eigenvalue weighted by Crippen LogP contribution is 2.20. The van der Waals surface area contributed by atoms with Crippen molar-refractivity contribution in [3.63, 3.8) is 0 Å². The number of ether oxygens (including phenoxy) is 1. The number of rotatable bonds is 9. The summed E-state index contributed by atoms with van der Waals surface area (Å²) < 4.78 is 5.91. The quantitative estimate of drug-likeness (QED) is 0.618. The third kappa shape index (κ3) is 8.62. The molecule has 0 aromatic carbocycles. The maximum atomic E-state index is 5.91. The molecule has 0 aliphatic heterocycles. The number of hydrogen-bond donors (Lipinski definition) is 1. The van der Waals surface area contributed by atoms with Crippen molar-refractivity contribution in [1.82, 2.24) is 5.32 Å². The highest BCUT2D eigenvalue weighted by atomic mass is 16.5. The lowest BCUT2D eigenvalue weighted by atomic mass is 9.98. The number of hydrogen-bond acceptors (Lipinski definition) is 2. The Hall–Kier alpha value is -0.0800. The Bertz CT molecular complexity index is 164. The topological polar surface area (TPSA) is 21.3 Å². The van der Waals surface area contributed by atoms with Gasteiger partial charge in [0.25, 0.3) is 0 Å². The second kappa shape index (κ2) is 9.90. The molecule has 0 bridgehead atoms. The van der Waals surface area contributed by atoms with Crippen molar-refractivity contribution in [1.29, 1.82) is 0 Å². The first kappa shape index (κ1) is 15.0. The monoisotopic (exact) mass is 241 g/mol. The maximum Gasteiger partial charge on any atom is 0.0575 e. The Morgan fingerprint density at radius 3 is 2.41 bits per heavy atom. The van der Waals surface area contributed by atoms with Crippen molar-refractivity contribution in [2.45, 2.75) is 83.8 Å². The van der Waals surface area contributed by atoms with Crippen molar-refractivity contribution < 1.29 is 4.74 Å². The van der Waals surface area contributed by atoms with Gasteiger partial charge in [0.05, 0.1) is 6.10 Å². The lowest BCUT2D eigenvalue weighted by molar-refractivity contribution is 0.0263. The molecule has 1 rings (SSSR count). The van der Waals surface area contributed by atoms with Gasteiger partial charge in [-0.15, -0.1) is 0 Å². The van der Waals surface area contributed by atoms with Gasteiger partial charge in [-0.2, -0.15) is 0 Å². The molecule has 0 unspecified atom stereocenters. The zero-order valence-electron chi connectivity index (χ0n) is 11.8. The molecule has 2 nitrogen and oxygen atoms in total. The largest absolute Gasteiger partial charge is 0.378 e. The van der Waals surface area contributed by atoms with E-state index in [1.165, 1.54) is 64.3 Å². The molecular weight excluding hydrogens is 210 g/mol. The van der Waals surface area contributed by atoms with E-state index in [2.05, 4.69) is 19.2 Å². The molecule has 1 aliphatic carbocycles. The van der Waals surface area contributed by atoms with Crippen molar-refractivity contribution in [2.75, 3.05) is 13.2 Å². The van der Waals surface area contributed by atoms with Crippen LogP contribution in [0.4, 0.5) is 0 Å². The van der Waals surface area contributed by atoms with E-state index in [1.807, 2.05) is 0 Å². The molecule has 102 valence electrons. The molecule has 0 heterocycles. The zero-order chi connectivity index (χ0) is 12.3. The fourth-order valence-electron chi connectivity index (χ4n) is 2.45. The fourth-order valence-corrected chi connectivity index (χ4v) is 2.45. The van der Waals surface area contributed by atoms with Crippen LogP contribution in [-0.2, 0) is 4.74 Å². The Kier molecular flexibility index (Phi) is 8.72. The van der Waals surface area contributed by atoms with Crippen LogP contribution in [0.3, 0.4) is 0 Å². The first-order valence-corrected chi connectivity index (χ1v) is 7.64. The summed E-state index contributed by atoms with van der Waals surface area (Å²) in [6, 6.07) is 0.629. The Morgan fingerprint density at radius 1 is 1.00 bits per heavy atom. The van der Waals surface area contributed by atoms with Crippen LogP contribution in [0.5, 0.6) is 0 Å². The molecular formula is C15H31NO. The summed E-state index contributed by atoms with van der Waals surface area (Å²) in [5.74, 6) is 0. The van der Waals surface area contributed by atoms with Gasteiger partial charge >= 0.3 is 0 Å². The summed E-state index contributed by atoms with van der Waals surface area (Å²) in [5.41, 5.74) is 0. The van der Waals surface area contributed by atoms with Crippen molar-refractivity contribution in [3.8, 4) is 0 Å². The molecule has 1 fully saturated rings. The van der Waals surface area contributed by atoms with Gasteiger partial charge in [-0.05, 0) is 32.2 Å². The van der Waals surface area contributed by atoms with Gasteiger partial charge in [-0.25, -0.2) is 0 Å². The third-order valence-corrected chi connectivity index (χ3v) is 3.53. The van der Waals surface area contributed by atoms with Crippen LogP contribution in [0.25, 0.3) is 0 Å². The molecule has 17 heavy (non-hydrogen) atoms. The van der Waals surface area contributed by atoms with Crippen molar-refractivity contribution >= 4 is 0 Å². The molecule has 0 amide bonds. The van der Waals surface area contributed by atoms with Crippen LogP contribution >= 0.6 is 0 Å². The van der Waals surface area contributed by atoms with Gasteiger partial charge in [0.2, 0.25) is 0 Å². The molecule has 0 aromatic heterocycles. The number of unbranched alkanes of at least 4 members (excludes halogenated alkanes) is 3. The second-order valence-electron chi connectivity index (χ2n) is 5.65. The summed E-state index contributed by atoms with van der Waals surface area (Å²) in [5, 5.41) is 3.46. The van der Waals surface area contributed by atoms with E-state index in [0.29, 0.717) is 12.1 Å². The van der Waals surface area contributed by atoms with Crippen molar-refractivity contribution in [3.05, 3.63) is 0 Å². The van der Waals surface area contributed by atoms with Gasteiger partial charge in [0.15, 0.2) is 0 Å². The average molecular weight is 241 g/mol. The van der Waals surface area contributed by atoms with Gasteiger partial charge < -0.3 is 10.1 Å². The summed E-state index contributed by atoms with van der Waals surface area (Å²) in [6.07, 6.45) is 12.6. The normalized spacial score (nSPS) is 17.8. The van der Waals surface area contributed by atoms with Crippen LogP contribution in [0, 0.1) is 0 Å². The molecule has 1 saturated carbocycles. The molecule has 2 heteroatoms. The minimum atomic E-state index is 0.589. The minimum Gasteiger partial charge on any atom is -0.378 e. The third-order valence-electron chi connectivity index (χ3n) is 3.53. The van der Waals surface area contributed by atoms with E-state index < -0.39 is 0 Å². The number of nitrogens with one attached hydrogen (secondary N) is 1. The smallest absolute Gasteiger partial charge is 0.0575 e. The standard InChI is InChI=1S/C15H31NO/c1-14(2)16-12-8-3-4-9-13-17-15-10-6-5-7-11-15/h14-16H,3-13H2,1-2H3. The van der Waals surface area contributed by atoms with E-state index in [0.717, 1.165) is 6.61 Å². The summed E-state index contributed by atoms with van der Waals surface area (Å²) in [7, 11) is 0. The van der Waals surface area contributed by atoms with E-state index in [1.54, 1.807) is 0 Å². The van der Waals surface area contributed by atoms with Gasteiger partial charge in [-0.1, -0.05) is 46.0 Å². The highest BCUT2D eigenvalue weighted by Gasteiger charge is 2.12. The Morgan fingerprint density at radius 2 is 1.71 bits per heavy atom. The predicted molar refractivity (Wildman–Crippen MR) is 74.4 cm³/mol. The molecule has 0 radical (unpaired) electrons. The maximum absolute atomic E-state index is 5.91. The molecule has 1 aliphatic rings. The highest BCUT2D eigenvalue weighted by molar-refractivity contribution is 4.64. The van der Waals surface area contributed by atoms with Gasteiger partial charge in [0.1, 0.15) is 0 Å². The summed E-state index contributed by atoms with van der Waals surface area (Å²) in [4.78, 5) is 0. The van der Waals surface area contributed by atoms with E-state index in [4.69, 9.17) is 4.74 Å². The van der Waals surface area contributed by atoms with Gasteiger partial charge in [-0.3, -0.25) is 0 Å².